The largest absolute Gasteiger partial charge is 0.0654 e. The van der Waals surface area contributed by atoms with Gasteiger partial charge in [-0.2, -0.15) is 0 Å². The lowest BCUT2D eigenvalue weighted by molar-refractivity contribution is 0.319. The Hall–Kier alpha value is 0. The molecule has 0 saturated heterocycles. The van der Waals surface area contributed by atoms with E-state index in [1.165, 1.54) is 218 Å². The first-order chi connectivity index (χ1) is 25.9. The Morgan fingerprint density at radius 3 is 0.870 bits per heavy atom. The fourth-order valence-corrected chi connectivity index (χ4v) is 8.89. The van der Waals surface area contributed by atoms with Crippen LogP contribution in [-0.2, 0) is 0 Å². The minimum atomic E-state index is 0.879. The Kier molecular flexibility index (Phi) is 44.3. The third-order valence-electron chi connectivity index (χ3n) is 13.2. The van der Waals surface area contributed by atoms with E-state index in [9.17, 15) is 0 Å². The summed E-state index contributed by atoms with van der Waals surface area (Å²) in [5.41, 5.74) is 0. The third-order valence-corrected chi connectivity index (χ3v) is 13.2. The van der Waals surface area contributed by atoms with E-state index >= 15 is 0 Å². The molecule has 0 aliphatic carbocycles. The minimum Gasteiger partial charge on any atom is -0.0654 e. The van der Waals surface area contributed by atoms with E-state index in [2.05, 4.69) is 83.1 Å². The molecule has 0 aromatic rings. The van der Waals surface area contributed by atoms with Gasteiger partial charge >= 0.3 is 0 Å². The SMILES string of the molecule is CCCCCCCCCCC(C)CC(CC)CCCC(C)CCCC(C)C.CCCCCCCCCCC(C)CCC(C)CCCC(C)CCCC(C)C. The topological polar surface area (TPSA) is 0 Å². The molecular formula is C54H112. The van der Waals surface area contributed by atoms with Crippen LogP contribution in [0, 0.1) is 47.3 Å². The minimum absolute atomic E-state index is 0.879. The summed E-state index contributed by atoms with van der Waals surface area (Å²) in [5.74, 6) is 7.45. The molecule has 0 aliphatic rings. The van der Waals surface area contributed by atoms with Gasteiger partial charge < -0.3 is 0 Å². The highest BCUT2D eigenvalue weighted by Gasteiger charge is 2.13. The number of rotatable bonds is 40. The van der Waals surface area contributed by atoms with Crippen LogP contribution in [-0.4, -0.2) is 0 Å². The highest BCUT2D eigenvalue weighted by Crippen LogP contribution is 2.27. The summed E-state index contributed by atoms with van der Waals surface area (Å²) in [4.78, 5) is 0. The highest BCUT2D eigenvalue weighted by atomic mass is 14.2. The molecule has 0 aliphatic heterocycles. The smallest absolute Gasteiger partial charge is 0.0414 e. The summed E-state index contributed by atoms with van der Waals surface area (Å²) in [6, 6.07) is 0. The quantitative estimate of drug-likeness (QED) is 0.0546. The van der Waals surface area contributed by atoms with Crippen molar-refractivity contribution in [3.05, 3.63) is 0 Å². The molecule has 0 saturated carbocycles. The normalized spacial score (nSPS) is 15.2. The van der Waals surface area contributed by atoms with E-state index in [0.29, 0.717) is 0 Å². The fourth-order valence-electron chi connectivity index (χ4n) is 8.89. The van der Waals surface area contributed by atoms with Crippen molar-refractivity contribution in [1.29, 1.82) is 0 Å². The Balaban J connectivity index is 0. The van der Waals surface area contributed by atoms with E-state index in [1.807, 2.05) is 0 Å². The summed E-state index contributed by atoms with van der Waals surface area (Å²) < 4.78 is 0. The zero-order valence-corrected chi connectivity index (χ0v) is 40.7. The molecule has 0 fully saturated rings. The lowest BCUT2D eigenvalue weighted by Gasteiger charge is -2.21. The Labute approximate surface area is 347 Å². The monoisotopic (exact) mass is 761 g/mol. The molecule has 6 atom stereocenters. The van der Waals surface area contributed by atoms with Gasteiger partial charge in [-0.05, 0) is 53.8 Å². The average molecular weight is 761 g/mol. The summed E-state index contributed by atoms with van der Waals surface area (Å²) in [7, 11) is 0. The molecule has 0 rings (SSSR count). The van der Waals surface area contributed by atoms with Crippen LogP contribution in [0.3, 0.4) is 0 Å². The van der Waals surface area contributed by atoms with Gasteiger partial charge in [0.1, 0.15) is 0 Å². The van der Waals surface area contributed by atoms with Crippen molar-refractivity contribution in [3.8, 4) is 0 Å². The van der Waals surface area contributed by atoms with Crippen molar-refractivity contribution in [1.82, 2.24) is 0 Å². The third kappa shape index (κ3) is 44.7. The predicted octanol–water partition coefficient (Wildman–Crippen LogP) is 20.4. The van der Waals surface area contributed by atoms with Gasteiger partial charge in [0.05, 0.1) is 0 Å². The van der Waals surface area contributed by atoms with Gasteiger partial charge in [0, 0.05) is 0 Å². The second-order valence-electron chi connectivity index (χ2n) is 20.7. The van der Waals surface area contributed by atoms with Crippen LogP contribution in [0.2, 0.25) is 0 Å². The van der Waals surface area contributed by atoms with Gasteiger partial charge in [0.15, 0.2) is 0 Å². The zero-order valence-electron chi connectivity index (χ0n) is 40.7. The molecule has 0 amide bonds. The van der Waals surface area contributed by atoms with Gasteiger partial charge in [-0.1, -0.05) is 295 Å². The van der Waals surface area contributed by atoms with Crippen molar-refractivity contribution in [3.63, 3.8) is 0 Å². The standard InChI is InChI=1S/2C27H56/c1-7-8-9-10-11-12-13-14-18-26(5)22-23-27(6)21-16-20-25(4)19-15-17-24(2)3;1-7-9-10-11-12-13-14-15-19-26(6)23-27(8-2)22-17-21-25(5)20-16-18-24(3)4/h2*24-27H,7-23H2,1-6H3. The Morgan fingerprint density at radius 1 is 0.241 bits per heavy atom. The second kappa shape index (κ2) is 42.6. The van der Waals surface area contributed by atoms with E-state index in [0.717, 1.165) is 47.3 Å². The van der Waals surface area contributed by atoms with Crippen LogP contribution < -0.4 is 0 Å². The molecule has 54 heavy (non-hydrogen) atoms. The molecular weight excluding hydrogens is 649 g/mol. The van der Waals surface area contributed by atoms with Crippen LogP contribution in [0.25, 0.3) is 0 Å². The predicted molar refractivity (Wildman–Crippen MR) is 253 cm³/mol. The first-order valence-corrected chi connectivity index (χ1v) is 25.9. The van der Waals surface area contributed by atoms with Crippen molar-refractivity contribution >= 4 is 0 Å². The molecule has 0 heterocycles. The molecule has 0 aromatic carbocycles. The van der Waals surface area contributed by atoms with Gasteiger partial charge in [0.25, 0.3) is 0 Å². The van der Waals surface area contributed by atoms with Gasteiger partial charge in [-0.3, -0.25) is 0 Å². The maximum Gasteiger partial charge on any atom is -0.0414 e. The average Bonchev–Trinajstić information content (AvgIpc) is 3.12. The van der Waals surface area contributed by atoms with E-state index in [-0.39, 0.29) is 0 Å². The number of unbranched alkanes of at least 4 members (excludes halogenated alkanes) is 14. The lowest BCUT2D eigenvalue weighted by atomic mass is 9.85. The molecule has 6 unspecified atom stereocenters. The Bertz CT molecular complexity index is 676. The molecule has 328 valence electrons. The van der Waals surface area contributed by atoms with Crippen molar-refractivity contribution in [2.24, 2.45) is 47.3 Å². The van der Waals surface area contributed by atoms with Gasteiger partial charge in [0.2, 0.25) is 0 Å². The van der Waals surface area contributed by atoms with Gasteiger partial charge in [-0.15, -0.1) is 0 Å². The Morgan fingerprint density at radius 2 is 0.519 bits per heavy atom. The van der Waals surface area contributed by atoms with Crippen molar-refractivity contribution in [2.45, 2.75) is 301 Å². The van der Waals surface area contributed by atoms with Gasteiger partial charge in [-0.25, -0.2) is 0 Å². The second-order valence-corrected chi connectivity index (χ2v) is 20.7. The van der Waals surface area contributed by atoms with Crippen LogP contribution in [0.15, 0.2) is 0 Å². The number of hydrogen-bond donors (Lipinski definition) is 0. The fraction of sp³-hybridized carbons (Fsp3) is 1.00. The molecule has 0 N–H and O–H groups in total. The van der Waals surface area contributed by atoms with Crippen LogP contribution in [0.4, 0.5) is 0 Å². The first-order valence-electron chi connectivity index (χ1n) is 25.9. The molecule has 0 aromatic heterocycles. The highest BCUT2D eigenvalue weighted by molar-refractivity contribution is 4.66. The first kappa shape index (κ1) is 56.1. The zero-order chi connectivity index (χ0) is 40.7. The summed E-state index contributed by atoms with van der Waals surface area (Å²) in [6.45, 7) is 28.9. The van der Waals surface area contributed by atoms with Crippen LogP contribution >= 0.6 is 0 Å². The molecule has 0 radical (unpaired) electrons. The molecule has 0 bridgehead atoms. The van der Waals surface area contributed by atoms with E-state index < -0.39 is 0 Å². The maximum absolute atomic E-state index is 2.51. The van der Waals surface area contributed by atoms with Crippen LogP contribution in [0.5, 0.6) is 0 Å². The summed E-state index contributed by atoms with van der Waals surface area (Å²) in [5, 5.41) is 0. The van der Waals surface area contributed by atoms with E-state index in [4.69, 9.17) is 0 Å². The summed E-state index contributed by atoms with van der Waals surface area (Å²) >= 11 is 0. The summed E-state index contributed by atoms with van der Waals surface area (Å²) in [6.07, 6.45) is 49.3. The van der Waals surface area contributed by atoms with Crippen molar-refractivity contribution < 1.29 is 0 Å². The maximum atomic E-state index is 2.51. The van der Waals surface area contributed by atoms with Crippen LogP contribution in [0.1, 0.15) is 301 Å². The van der Waals surface area contributed by atoms with Crippen molar-refractivity contribution in [2.75, 3.05) is 0 Å². The lowest BCUT2D eigenvalue weighted by Crippen LogP contribution is -2.07. The van der Waals surface area contributed by atoms with E-state index in [1.54, 1.807) is 0 Å². The molecule has 0 heteroatoms. The molecule has 0 nitrogen and oxygen atoms in total. The molecule has 0 spiro atoms. The number of hydrogen-bond acceptors (Lipinski definition) is 0.